The van der Waals surface area contributed by atoms with Gasteiger partial charge in [-0.15, -0.1) is 0 Å². The summed E-state index contributed by atoms with van der Waals surface area (Å²) in [5.41, 5.74) is -0.0581. The molecule has 3 rings (SSSR count). The molecule has 1 saturated heterocycles. The number of carbonyl (C=O) groups excluding carboxylic acids is 1. The molecule has 0 atom stereocenters. The van der Waals surface area contributed by atoms with E-state index >= 15 is 0 Å². The Kier molecular flexibility index (Phi) is 4.29. The minimum atomic E-state index is -0.978. The number of rotatable bonds is 3. The molecule has 6 heteroatoms. The second-order valence-electron chi connectivity index (χ2n) is 5.91. The Hall–Kier alpha value is -2.76. The number of amides is 1. The first-order valence-corrected chi connectivity index (χ1v) is 7.73. The van der Waals surface area contributed by atoms with Crippen LogP contribution in [0.4, 0.5) is 4.39 Å². The van der Waals surface area contributed by atoms with E-state index in [1.165, 1.54) is 12.1 Å². The highest BCUT2D eigenvalue weighted by Gasteiger charge is 2.44. The number of pyridine rings is 1. The maximum Gasteiger partial charge on any atom is 0.314 e. The Balaban J connectivity index is 1.77. The molecule has 1 aliphatic heterocycles. The van der Waals surface area contributed by atoms with E-state index in [0.717, 1.165) is 11.8 Å². The average molecular weight is 328 g/mol. The van der Waals surface area contributed by atoms with Crippen LogP contribution in [0.15, 0.2) is 48.7 Å². The fraction of sp³-hybridized carbons (Fsp3) is 0.278. The van der Waals surface area contributed by atoms with E-state index < -0.39 is 17.2 Å². The Morgan fingerprint density at radius 1 is 1.08 bits per heavy atom. The smallest absolute Gasteiger partial charge is 0.314 e. The van der Waals surface area contributed by atoms with Crippen molar-refractivity contribution in [3.63, 3.8) is 0 Å². The molecule has 1 aromatic carbocycles. The normalized spacial score (nSPS) is 16.6. The molecular formula is C18H17FN2O3. The number of benzene rings is 1. The largest absolute Gasteiger partial charge is 0.481 e. The van der Waals surface area contributed by atoms with Crippen molar-refractivity contribution >= 4 is 11.9 Å². The van der Waals surface area contributed by atoms with Crippen molar-refractivity contribution in [1.82, 2.24) is 9.88 Å². The van der Waals surface area contributed by atoms with E-state index in [1.807, 2.05) is 30.3 Å². The van der Waals surface area contributed by atoms with Gasteiger partial charge >= 0.3 is 5.97 Å². The summed E-state index contributed by atoms with van der Waals surface area (Å²) in [6, 6.07) is 11.6. The molecule has 0 unspecified atom stereocenters. The topological polar surface area (TPSA) is 70.5 Å². The molecule has 5 nitrogen and oxygen atoms in total. The zero-order valence-corrected chi connectivity index (χ0v) is 13.0. The predicted molar refractivity (Wildman–Crippen MR) is 85.1 cm³/mol. The number of aromatic nitrogens is 1. The lowest BCUT2D eigenvalue weighted by Crippen LogP contribution is -2.49. The molecular weight excluding hydrogens is 311 g/mol. The van der Waals surface area contributed by atoms with E-state index in [-0.39, 0.29) is 11.6 Å². The van der Waals surface area contributed by atoms with E-state index in [2.05, 4.69) is 4.98 Å². The molecule has 0 saturated carbocycles. The van der Waals surface area contributed by atoms with Gasteiger partial charge in [0.05, 0.1) is 11.6 Å². The first kappa shape index (κ1) is 16.1. The lowest BCUT2D eigenvalue weighted by molar-refractivity contribution is -0.145. The Labute approximate surface area is 138 Å². The maximum atomic E-state index is 12.9. The number of hydrogen-bond acceptors (Lipinski definition) is 3. The van der Waals surface area contributed by atoms with Gasteiger partial charge in [0.25, 0.3) is 5.91 Å². The van der Waals surface area contributed by atoms with Gasteiger partial charge in [-0.2, -0.15) is 0 Å². The van der Waals surface area contributed by atoms with Crippen LogP contribution in [0.1, 0.15) is 28.9 Å². The van der Waals surface area contributed by atoms with Gasteiger partial charge in [0, 0.05) is 13.1 Å². The highest BCUT2D eigenvalue weighted by molar-refractivity contribution is 5.92. The first-order chi connectivity index (χ1) is 11.5. The molecule has 1 fully saturated rings. The number of likely N-dealkylation sites (tertiary alicyclic amines) is 1. The van der Waals surface area contributed by atoms with Crippen LogP contribution in [0.2, 0.25) is 0 Å². The highest BCUT2D eigenvalue weighted by Crippen LogP contribution is 2.36. The van der Waals surface area contributed by atoms with Crippen molar-refractivity contribution in [3.05, 3.63) is 65.7 Å². The van der Waals surface area contributed by atoms with Crippen molar-refractivity contribution in [2.45, 2.75) is 18.3 Å². The summed E-state index contributed by atoms with van der Waals surface area (Å²) in [6.07, 6.45) is 1.67. The molecule has 0 spiro atoms. The van der Waals surface area contributed by atoms with Crippen molar-refractivity contribution < 1.29 is 19.1 Å². The summed E-state index contributed by atoms with van der Waals surface area (Å²) >= 11 is 0. The molecule has 2 heterocycles. The van der Waals surface area contributed by atoms with Gasteiger partial charge in [0.2, 0.25) is 0 Å². The third-order valence-electron chi connectivity index (χ3n) is 4.59. The summed E-state index contributed by atoms with van der Waals surface area (Å²) in [4.78, 5) is 29.7. The molecule has 24 heavy (non-hydrogen) atoms. The molecule has 0 bridgehead atoms. The summed E-state index contributed by atoms with van der Waals surface area (Å²) in [6.45, 7) is 0.637. The quantitative estimate of drug-likeness (QED) is 0.940. The number of carboxylic acid groups (broad SMARTS) is 1. The molecule has 1 aromatic heterocycles. The molecule has 0 aliphatic carbocycles. The van der Waals surface area contributed by atoms with Gasteiger partial charge < -0.3 is 10.0 Å². The molecule has 1 amide bonds. The zero-order valence-electron chi connectivity index (χ0n) is 13.0. The third kappa shape index (κ3) is 2.87. The van der Waals surface area contributed by atoms with E-state index in [4.69, 9.17) is 0 Å². The van der Waals surface area contributed by atoms with Crippen LogP contribution in [-0.4, -0.2) is 40.0 Å². The second kappa shape index (κ2) is 6.39. The molecule has 124 valence electrons. The van der Waals surface area contributed by atoms with E-state index in [0.29, 0.717) is 25.9 Å². The molecule has 1 aliphatic rings. The third-order valence-corrected chi connectivity index (χ3v) is 4.59. The number of aliphatic carboxylic acids is 1. The average Bonchev–Trinajstić information content (AvgIpc) is 2.62. The van der Waals surface area contributed by atoms with Crippen molar-refractivity contribution in [2.75, 3.05) is 13.1 Å². The van der Waals surface area contributed by atoms with E-state index in [9.17, 15) is 19.1 Å². The maximum absolute atomic E-state index is 12.9. The van der Waals surface area contributed by atoms with Gasteiger partial charge in [-0.05, 0) is 30.5 Å². The number of hydrogen-bond donors (Lipinski definition) is 1. The number of halogens is 1. The number of carbonyl (C=O) groups is 2. The predicted octanol–water partition coefficient (Wildman–Crippen LogP) is 2.48. The molecule has 2 aromatic rings. The fourth-order valence-electron chi connectivity index (χ4n) is 3.14. The minimum Gasteiger partial charge on any atom is -0.481 e. The van der Waals surface area contributed by atoms with Crippen LogP contribution in [0, 0.1) is 5.82 Å². The van der Waals surface area contributed by atoms with E-state index in [1.54, 1.807) is 4.90 Å². The summed E-state index contributed by atoms with van der Waals surface area (Å²) in [5, 5.41) is 9.76. The summed E-state index contributed by atoms with van der Waals surface area (Å²) in [5.74, 6) is -1.68. The highest BCUT2D eigenvalue weighted by atomic mass is 19.1. The van der Waals surface area contributed by atoms with Crippen LogP contribution < -0.4 is 0 Å². The zero-order chi connectivity index (χ0) is 17.2. The first-order valence-electron chi connectivity index (χ1n) is 7.73. The van der Waals surface area contributed by atoms with Crippen LogP contribution in [0.5, 0.6) is 0 Å². The Morgan fingerprint density at radius 3 is 2.29 bits per heavy atom. The number of nitrogens with zero attached hydrogens (tertiary/aromatic N) is 2. The monoisotopic (exact) mass is 328 g/mol. The summed E-state index contributed by atoms with van der Waals surface area (Å²) in [7, 11) is 0. The van der Waals surface area contributed by atoms with Gasteiger partial charge in [0.15, 0.2) is 0 Å². The Morgan fingerprint density at radius 2 is 1.75 bits per heavy atom. The second-order valence-corrected chi connectivity index (χ2v) is 5.91. The number of carboxylic acids is 1. The minimum absolute atomic E-state index is 0.166. The van der Waals surface area contributed by atoms with Crippen molar-refractivity contribution in [3.8, 4) is 0 Å². The van der Waals surface area contributed by atoms with Crippen LogP contribution >= 0.6 is 0 Å². The van der Waals surface area contributed by atoms with Gasteiger partial charge in [-0.25, -0.2) is 9.37 Å². The van der Waals surface area contributed by atoms with Crippen molar-refractivity contribution in [1.29, 1.82) is 0 Å². The van der Waals surface area contributed by atoms with Crippen molar-refractivity contribution in [2.24, 2.45) is 0 Å². The number of piperidine rings is 1. The van der Waals surface area contributed by atoms with Gasteiger partial charge in [0.1, 0.15) is 11.5 Å². The van der Waals surface area contributed by atoms with Gasteiger partial charge in [-0.3, -0.25) is 9.59 Å². The van der Waals surface area contributed by atoms with Crippen LogP contribution in [0.3, 0.4) is 0 Å². The molecule has 1 N–H and O–H groups in total. The summed E-state index contributed by atoms with van der Waals surface area (Å²) < 4.78 is 12.9. The fourth-order valence-corrected chi connectivity index (χ4v) is 3.14. The van der Waals surface area contributed by atoms with Crippen LogP contribution in [-0.2, 0) is 10.2 Å². The van der Waals surface area contributed by atoms with Gasteiger partial charge in [-0.1, -0.05) is 30.3 Å². The Bertz CT molecular complexity index is 739. The lowest BCUT2D eigenvalue weighted by Gasteiger charge is -2.39. The van der Waals surface area contributed by atoms with Crippen LogP contribution in [0.25, 0.3) is 0 Å². The SMILES string of the molecule is O=C(c1ccc(F)cn1)N1CCC(C(=O)O)(c2ccccc2)CC1. The standard InChI is InChI=1S/C18H17FN2O3/c19-14-6-7-15(20-12-14)16(22)21-10-8-18(9-11-21,17(23)24)13-4-2-1-3-5-13/h1-7,12H,8-11H2,(H,23,24). The molecule has 0 radical (unpaired) electrons. The lowest BCUT2D eigenvalue weighted by atomic mass is 9.73.